The van der Waals surface area contributed by atoms with E-state index in [-0.39, 0.29) is 17.7 Å². The van der Waals surface area contributed by atoms with E-state index in [0.29, 0.717) is 17.4 Å². The summed E-state index contributed by atoms with van der Waals surface area (Å²) in [4.78, 5) is 8.38. The van der Waals surface area contributed by atoms with Crippen LogP contribution in [0.25, 0.3) is 22.3 Å². The smallest absolute Gasteiger partial charge is 0.124 e. The highest BCUT2D eigenvalue weighted by Crippen LogP contribution is 2.30. The van der Waals surface area contributed by atoms with Crippen molar-refractivity contribution in [3.63, 3.8) is 0 Å². The number of hydrogen-bond acceptors (Lipinski definition) is 4. The van der Waals surface area contributed by atoms with E-state index in [1.54, 1.807) is 42.9 Å². The molecule has 1 unspecified atom stereocenters. The zero-order chi connectivity index (χ0) is 29.3. The van der Waals surface area contributed by atoms with Crippen LogP contribution in [0, 0.1) is 11.6 Å². The fourth-order valence-corrected chi connectivity index (χ4v) is 4.97. The maximum absolute atomic E-state index is 13.1. The van der Waals surface area contributed by atoms with Crippen LogP contribution >= 0.6 is 23.2 Å². The highest BCUT2D eigenvalue weighted by atomic mass is 35.5. The number of hydrogen-bond donors (Lipinski definition) is 1. The van der Waals surface area contributed by atoms with Gasteiger partial charge in [0.05, 0.1) is 0 Å². The van der Waals surface area contributed by atoms with Crippen LogP contribution in [0.4, 0.5) is 8.78 Å². The number of alkyl halides is 1. The van der Waals surface area contributed by atoms with Gasteiger partial charge in [-0.3, -0.25) is 9.97 Å². The van der Waals surface area contributed by atoms with Crippen LogP contribution in [0.5, 0.6) is 5.75 Å². The van der Waals surface area contributed by atoms with Gasteiger partial charge in [-0.25, -0.2) is 8.78 Å². The lowest BCUT2D eigenvalue weighted by molar-refractivity contribution is 0.170. The number of rotatable bonds is 7. The number of nitrogens with one attached hydrogen (secondary N) is 1. The molecule has 0 saturated heterocycles. The SMILES string of the molecule is Fc1ccc(-c2cncc(CCl)c2)cc1.Fc1ccc(-c2cncc(CNCC3CCc4ccc(Cl)cc4O3)c2)cc1. The van der Waals surface area contributed by atoms with E-state index >= 15 is 0 Å². The van der Waals surface area contributed by atoms with E-state index < -0.39 is 0 Å². The summed E-state index contributed by atoms with van der Waals surface area (Å²) in [6, 6.07) is 22.6. The van der Waals surface area contributed by atoms with Crippen molar-refractivity contribution in [1.82, 2.24) is 15.3 Å². The van der Waals surface area contributed by atoms with Crippen LogP contribution in [0.15, 0.2) is 104 Å². The number of ether oxygens (including phenoxy) is 1. The number of benzene rings is 3. The molecule has 0 radical (unpaired) electrons. The van der Waals surface area contributed by atoms with Gasteiger partial charge in [-0.15, -0.1) is 11.6 Å². The Kier molecular flexibility index (Phi) is 10.1. The Morgan fingerprint density at radius 1 is 0.738 bits per heavy atom. The molecule has 0 amide bonds. The van der Waals surface area contributed by atoms with Gasteiger partial charge in [0.2, 0.25) is 0 Å². The number of nitrogens with zero attached hydrogens (tertiary/aromatic N) is 2. The molecule has 4 nitrogen and oxygen atoms in total. The molecule has 2 aromatic heterocycles. The maximum Gasteiger partial charge on any atom is 0.124 e. The van der Waals surface area contributed by atoms with Crippen molar-refractivity contribution in [2.75, 3.05) is 6.54 Å². The molecule has 0 bridgehead atoms. The lowest BCUT2D eigenvalue weighted by atomic mass is 10.0. The molecular formula is C34H29Cl2F2N3O. The quantitative estimate of drug-likeness (QED) is 0.189. The molecule has 1 atom stereocenters. The van der Waals surface area contributed by atoms with Gasteiger partial charge < -0.3 is 10.1 Å². The highest BCUT2D eigenvalue weighted by molar-refractivity contribution is 6.30. The summed E-state index contributed by atoms with van der Waals surface area (Å²) in [5, 5.41) is 4.15. The van der Waals surface area contributed by atoms with E-state index in [1.165, 1.54) is 29.8 Å². The Labute approximate surface area is 254 Å². The monoisotopic (exact) mass is 603 g/mol. The summed E-state index contributed by atoms with van der Waals surface area (Å²) in [7, 11) is 0. The third-order valence-electron chi connectivity index (χ3n) is 6.86. The van der Waals surface area contributed by atoms with Gasteiger partial charge in [0.1, 0.15) is 23.5 Å². The third-order valence-corrected chi connectivity index (χ3v) is 7.40. The van der Waals surface area contributed by atoms with Gasteiger partial charge in [0.15, 0.2) is 0 Å². The second-order valence-corrected chi connectivity index (χ2v) is 10.7. The van der Waals surface area contributed by atoms with E-state index in [2.05, 4.69) is 21.4 Å². The molecule has 5 aromatic rings. The average molecular weight is 605 g/mol. The molecule has 214 valence electrons. The lowest BCUT2D eigenvalue weighted by Crippen LogP contribution is -2.34. The van der Waals surface area contributed by atoms with Crippen molar-refractivity contribution in [3.05, 3.63) is 137 Å². The van der Waals surface area contributed by atoms with Gasteiger partial charge in [-0.1, -0.05) is 41.9 Å². The topological polar surface area (TPSA) is 47.0 Å². The van der Waals surface area contributed by atoms with Crippen LogP contribution in [0.2, 0.25) is 5.02 Å². The summed E-state index contributed by atoms with van der Waals surface area (Å²) < 4.78 is 31.9. The zero-order valence-electron chi connectivity index (χ0n) is 22.7. The largest absolute Gasteiger partial charge is 0.489 e. The fraction of sp³-hybridized carbons (Fsp3) is 0.176. The van der Waals surface area contributed by atoms with Crippen LogP contribution < -0.4 is 10.1 Å². The standard InChI is InChI=1S/C22H20ClFN2O.C12H9ClFN/c23-19-5-1-17-4-8-21(27-22(17)10-19)14-26-12-15-9-18(13-25-11-15)16-2-6-20(24)7-3-16;13-6-9-5-11(8-15-7-9)10-1-3-12(14)4-2-10/h1-3,5-7,9-11,13,21,26H,4,8,12,14H2;1-5,7-8H,6H2. The van der Waals surface area contributed by atoms with Crippen molar-refractivity contribution >= 4 is 23.2 Å². The Bertz CT molecular complexity index is 1610. The Hall–Kier alpha value is -3.84. The molecule has 3 aromatic carbocycles. The molecule has 42 heavy (non-hydrogen) atoms. The normalized spacial score (nSPS) is 13.9. The van der Waals surface area contributed by atoms with Crippen molar-refractivity contribution < 1.29 is 13.5 Å². The summed E-state index contributed by atoms with van der Waals surface area (Å²) in [5.74, 6) is 0.850. The fourth-order valence-electron chi connectivity index (χ4n) is 4.67. The number of pyridine rings is 2. The first-order valence-electron chi connectivity index (χ1n) is 13.6. The van der Waals surface area contributed by atoms with Gasteiger partial charge >= 0.3 is 0 Å². The predicted molar refractivity (Wildman–Crippen MR) is 165 cm³/mol. The molecule has 3 heterocycles. The first-order valence-corrected chi connectivity index (χ1v) is 14.5. The van der Waals surface area contributed by atoms with Crippen molar-refractivity contribution in [2.24, 2.45) is 0 Å². The molecule has 8 heteroatoms. The Balaban J connectivity index is 0.000000199. The van der Waals surface area contributed by atoms with Crippen molar-refractivity contribution in [3.8, 4) is 28.0 Å². The summed E-state index contributed by atoms with van der Waals surface area (Å²) in [6.07, 6.45) is 9.21. The van der Waals surface area contributed by atoms with Crippen LogP contribution in [0.1, 0.15) is 23.1 Å². The maximum atomic E-state index is 13.1. The van der Waals surface area contributed by atoms with Crippen molar-refractivity contribution in [2.45, 2.75) is 31.4 Å². The molecule has 1 aliphatic rings. The number of fused-ring (bicyclic) bond motifs is 1. The third kappa shape index (κ3) is 8.13. The molecular weight excluding hydrogens is 575 g/mol. The van der Waals surface area contributed by atoms with Crippen molar-refractivity contribution in [1.29, 1.82) is 0 Å². The average Bonchev–Trinajstić information content (AvgIpc) is 3.02. The van der Waals surface area contributed by atoms with Crippen LogP contribution in [-0.4, -0.2) is 22.6 Å². The van der Waals surface area contributed by atoms with E-state index in [1.807, 2.05) is 30.5 Å². The van der Waals surface area contributed by atoms with Gasteiger partial charge in [0, 0.05) is 59.9 Å². The number of aryl methyl sites for hydroxylation is 1. The van der Waals surface area contributed by atoms with E-state index in [4.69, 9.17) is 27.9 Å². The zero-order valence-corrected chi connectivity index (χ0v) is 24.3. The van der Waals surface area contributed by atoms with Gasteiger partial charge in [0.25, 0.3) is 0 Å². The van der Waals surface area contributed by atoms with Crippen LogP contribution in [-0.2, 0) is 18.8 Å². The predicted octanol–water partition coefficient (Wildman–Crippen LogP) is 8.65. The Morgan fingerprint density at radius 3 is 1.95 bits per heavy atom. The molecule has 0 aliphatic carbocycles. The summed E-state index contributed by atoms with van der Waals surface area (Å²) in [5.41, 5.74) is 7.08. The molecule has 0 spiro atoms. The first kappa shape index (κ1) is 29.6. The molecule has 0 saturated carbocycles. The lowest BCUT2D eigenvalue weighted by Gasteiger charge is -2.26. The minimum atomic E-state index is -0.236. The minimum Gasteiger partial charge on any atom is -0.489 e. The van der Waals surface area contributed by atoms with Gasteiger partial charge in [-0.2, -0.15) is 0 Å². The molecule has 0 fully saturated rings. The molecule has 6 rings (SSSR count). The summed E-state index contributed by atoms with van der Waals surface area (Å²) in [6.45, 7) is 1.46. The second-order valence-electron chi connectivity index (χ2n) is 9.97. The highest BCUT2D eigenvalue weighted by Gasteiger charge is 2.19. The van der Waals surface area contributed by atoms with E-state index in [0.717, 1.165) is 58.5 Å². The number of halogens is 4. The molecule has 1 aliphatic heterocycles. The second kappa shape index (κ2) is 14.4. The molecule has 1 N–H and O–H groups in total. The van der Waals surface area contributed by atoms with Gasteiger partial charge in [-0.05, 0) is 89.2 Å². The Morgan fingerprint density at radius 2 is 1.33 bits per heavy atom. The summed E-state index contributed by atoms with van der Waals surface area (Å²) >= 11 is 11.8. The van der Waals surface area contributed by atoms with Crippen LogP contribution in [0.3, 0.4) is 0 Å². The first-order chi connectivity index (χ1) is 20.5. The minimum absolute atomic E-state index is 0.129. The van der Waals surface area contributed by atoms with E-state index in [9.17, 15) is 8.78 Å². The number of aromatic nitrogens is 2.